The van der Waals surface area contributed by atoms with Crippen LogP contribution in [0, 0.1) is 0 Å². The van der Waals surface area contributed by atoms with Crippen LogP contribution in [0.15, 0.2) is 24.3 Å². The van der Waals surface area contributed by atoms with E-state index in [-0.39, 0.29) is 28.7 Å². The first-order valence-corrected chi connectivity index (χ1v) is 5.82. The van der Waals surface area contributed by atoms with Crippen molar-refractivity contribution in [3.63, 3.8) is 0 Å². The predicted molar refractivity (Wildman–Crippen MR) is 67.8 cm³/mol. The third-order valence-electron chi connectivity index (χ3n) is 2.09. The zero-order valence-electron chi connectivity index (χ0n) is 10.5. The Balaban J connectivity index is 2.20. The van der Waals surface area contributed by atoms with Gasteiger partial charge in [0.2, 0.25) is 11.2 Å². The second-order valence-electron chi connectivity index (χ2n) is 3.62. The molecule has 0 fully saturated rings. The molecule has 0 bridgehead atoms. The zero-order valence-corrected chi connectivity index (χ0v) is 11.2. The molecule has 10 heteroatoms. The lowest BCUT2D eigenvalue weighted by molar-refractivity contribution is -0.274. The summed E-state index contributed by atoms with van der Waals surface area (Å²) in [5.74, 6) is -0.351. The van der Waals surface area contributed by atoms with E-state index in [2.05, 4.69) is 25.0 Å². The molecule has 0 amide bonds. The Morgan fingerprint density at radius 1 is 1.19 bits per heavy atom. The molecule has 6 nitrogen and oxygen atoms in total. The maximum absolute atomic E-state index is 12.1. The summed E-state index contributed by atoms with van der Waals surface area (Å²) >= 11 is 5.66. The molecule has 0 aliphatic rings. The number of hydrogen-bond donors (Lipinski definition) is 1. The zero-order chi connectivity index (χ0) is 15.5. The number of anilines is 2. The fraction of sp³-hybridized carbons (Fsp3) is 0.182. The number of ether oxygens (including phenoxy) is 2. The third kappa shape index (κ3) is 4.63. The minimum absolute atomic E-state index is 0.0241. The number of methoxy groups -OCH3 is 1. The minimum atomic E-state index is -4.77. The Morgan fingerprint density at radius 2 is 1.95 bits per heavy atom. The second kappa shape index (κ2) is 6.00. The summed E-state index contributed by atoms with van der Waals surface area (Å²) in [6.07, 6.45) is -4.77. The van der Waals surface area contributed by atoms with Crippen molar-refractivity contribution in [1.29, 1.82) is 0 Å². The molecule has 1 aromatic carbocycles. The van der Waals surface area contributed by atoms with Crippen LogP contribution in [0.3, 0.4) is 0 Å². The number of halogens is 4. The van der Waals surface area contributed by atoms with Crippen LogP contribution in [-0.2, 0) is 0 Å². The lowest BCUT2D eigenvalue weighted by Gasteiger charge is -2.10. The highest BCUT2D eigenvalue weighted by atomic mass is 35.5. The highest BCUT2D eigenvalue weighted by molar-refractivity contribution is 6.28. The van der Waals surface area contributed by atoms with Gasteiger partial charge in [-0.3, -0.25) is 0 Å². The SMILES string of the molecule is COc1nc(Cl)nc(Nc2cccc(OC(F)(F)F)c2)n1. The number of benzene rings is 1. The molecule has 112 valence electrons. The van der Waals surface area contributed by atoms with Crippen LogP contribution in [0.1, 0.15) is 0 Å². The van der Waals surface area contributed by atoms with Crippen LogP contribution in [0.2, 0.25) is 5.28 Å². The fourth-order valence-electron chi connectivity index (χ4n) is 1.38. The molecule has 0 aliphatic heterocycles. The molecule has 21 heavy (non-hydrogen) atoms. The summed E-state index contributed by atoms with van der Waals surface area (Å²) in [7, 11) is 1.34. The largest absolute Gasteiger partial charge is 0.573 e. The maximum atomic E-state index is 12.1. The first-order chi connectivity index (χ1) is 9.85. The van der Waals surface area contributed by atoms with Crippen LogP contribution in [0.4, 0.5) is 24.8 Å². The van der Waals surface area contributed by atoms with E-state index in [4.69, 9.17) is 16.3 Å². The van der Waals surface area contributed by atoms with E-state index in [0.29, 0.717) is 0 Å². The Morgan fingerprint density at radius 3 is 2.62 bits per heavy atom. The van der Waals surface area contributed by atoms with Gasteiger partial charge in [0.05, 0.1) is 7.11 Å². The number of nitrogens with zero attached hydrogens (tertiary/aromatic N) is 3. The molecule has 0 aliphatic carbocycles. The topological polar surface area (TPSA) is 69.2 Å². The van der Waals surface area contributed by atoms with Gasteiger partial charge in [-0.1, -0.05) is 6.07 Å². The van der Waals surface area contributed by atoms with Gasteiger partial charge < -0.3 is 14.8 Å². The summed E-state index contributed by atoms with van der Waals surface area (Å²) in [5, 5.41) is 2.55. The van der Waals surface area contributed by atoms with E-state index >= 15 is 0 Å². The average Bonchev–Trinajstić information content (AvgIpc) is 2.36. The molecule has 0 spiro atoms. The van der Waals surface area contributed by atoms with Crippen molar-refractivity contribution in [1.82, 2.24) is 15.0 Å². The van der Waals surface area contributed by atoms with Crippen LogP contribution in [0.5, 0.6) is 11.8 Å². The first-order valence-electron chi connectivity index (χ1n) is 5.44. The number of hydrogen-bond acceptors (Lipinski definition) is 6. The van der Waals surface area contributed by atoms with Gasteiger partial charge in [-0.15, -0.1) is 13.2 Å². The van der Waals surface area contributed by atoms with Crippen molar-refractivity contribution < 1.29 is 22.6 Å². The van der Waals surface area contributed by atoms with Crippen molar-refractivity contribution in [3.05, 3.63) is 29.5 Å². The number of aromatic nitrogens is 3. The molecule has 1 aromatic heterocycles. The quantitative estimate of drug-likeness (QED) is 0.933. The molecule has 1 heterocycles. The second-order valence-corrected chi connectivity index (χ2v) is 3.95. The van der Waals surface area contributed by atoms with Crippen molar-refractivity contribution in [2.75, 3.05) is 12.4 Å². The molecule has 0 radical (unpaired) electrons. The highest BCUT2D eigenvalue weighted by Crippen LogP contribution is 2.26. The van der Waals surface area contributed by atoms with Gasteiger partial charge in [0.15, 0.2) is 0 Å². The summed E-state index contributed by atoms with van der Waals surface area (Å²) < 4.78 is 45.0. The molecule has 0 unspecified atom stereocenters. The van der Waals surface area contributed by atoms with E-state index in [1.807, 2.05) is 0 Å². The van der Waals surface area contributed by atoms with Gasteiger partial charge in [0.1, 0.15) is 5.75 Å². The Labute approximate surface area is 121 Å². The molecular weight excluding hydrogens is 313 g/mol. The average molecular weight is 321 g/mol. The van der Waals surface area contributed by atoms with Crippen LogP contribution < -0.4 is 14.8 Å². The molecule has 2 rings (SSSR count). The van der Waals surface area contributed by atoms with Crippen LogP contribution in [0.25, 0.3) is 0 Å². The monoisotopic (exact) mass is 320 g/mol. The van der Waals surface area contributed by atoms with Gasteiger partial charge in [-0.05, 0) is 23.7 Å². The number of nitrogens with one attached hydrogen (secondary N) is 1. The van der Waals surface area contributed by atoms with Gasteiger partial charge in [-0.25, -0.2) is 0 Å². The fourth-order valence-corrected chi connectivity index (χ4v) is 1.53. The van der Waals surface area contributed by atoms with Gasteiger partial charge >= 0.3 is 12.4 Å². The van der Waals surface area contributed by atoms with Gasteiger partial charge in [0, 0.05) is 11.8 Å². The third-order valence-corrected chi connectivity index (χ3v) is 2.26. The molecular formula is C11H8ClF3N4O2. The van der Waals surface area contributed by atoms with Crippen LogP contribution in [-0.4, -0.2) is 28.4 Å². The van der Waals surface area contributed by atoms with Crippen molar-refractivity contribution >= 4 is 23.2 Å². The van der Waals surface area contributed by atoms with E-state index in [1.165, 1.54) is 25.3 Å². The summed E-state index contributed by atoms with van der Waals surface area (Å²) in [6.45, 7) is 0. The van der Waals surface area contributed by atoms with E-state index in [1.54, 1.807) is 0 Å². The van der Waals surface area contributed by atoms with Crippen molar-refractivity contribution in [2.24, 2.45) is 0 Å². The van der Waals surface area contributed by atoms with Gasteiger partial charge in [-0.2, -0.15) is 15.0 Å². The van der Waals surface area contributed by atoms with Crippen molar-refractivity contribution in [2.45, 2.75) is 6.36 Å². The van der Waals surface area contributed by atoms with Crippen LogP contribution >= 0.6 is 11.6 Å². The highest BCUT2D eigenvalue weighted by Gasteiger charge is 2.31. The summed E-state index contributed by atoms with van der Waals surface area (Å²) in [4.78, 5) is 11.3. The molecule has 1 N–H and O–H groups in total. The maximum Gasteiger partial charge on any atom is 0.573 e. The van der Waals surface area contributed by atoms with Crippen molar-refractivity contribution in [3.8, 4) is 11.8 Å². The summed E-state index contributed by atoms with van der Waals surface area (Å²) in [6, 6.07) is 5.16. The predicted octanol–water partition coefficient (Wildman–Crippen LogP) is 3.18. The lowest BCUT2D eigenvalue weighted by Crippen LogP contribution is -2.17. The standard InChI is InChI=1S/C11H8ClF3N4O2/c1-20-10-18-8(12)17-9(19-10)16-6-3-2-4-7(5-6)21-11(13,14)15/h2-5H,1H3,(H,16,17,18,19). The Hall–Kier alpha value is -2.29. The Kier molecular flexibility index (Phi) is 4.32. The molecule has 0 saturated carbocycles. The first kappa shape index (κ1) is 15.1. The van der Waals surface area contributed by atoms with Gasteiger partial charge in [0.25, 0.3) is 0 Å². The summed E-state index contributed by atoms with van der Waals surface area (Å²) in [5.41, 5.74) is 0.279. The van der Waals surface area contributed by atoms with E-state index in [9.17, 15) is 13.2 Å². The normalized spacial score (nSPS) is 11.1. The smallest absolute Gasteiger partial charge is 0.467 e. The minimum Gasteiger partial charge on any atom is -0.467 e. The number of rotatable bonds is 4. The lowest BCUT2D eigenvalue weighted by atomic mass is 10.3. The molecule has 2 aromatic rings. The Bertz CT molecular complexity index is 639. The van der Waals surface area contributed by atoms with E-state index < -0.39 is 6.36 Å². The van der Waals surface area contributed by atoms with E-state index in [0.717, 1.165) is 6.07 Å². The molecule has 0 saturated heterocycles. The molecule has 0 atom stereocenters. The number of alkyl halides is 3.